The van der Waals surface area contributed by atoms with E-state index in [-0.39, 0.29) is 5.91 Å². The molecule has 0 atom stereocenters. The summed E-state index contributed by atoms with van der Waals surface area (Å²) in [5, 5.41) is 3.47. The highest BCUT2D eigenvalue weighted by Gasteiger charge is 2.18. The van der Waals surface area contributed by atoms with E-state index in [4.69, 9.17) is 9.72 Å². The highest BCUT2D eigenvalue weighted by molar-refractivity contribution is 7.19. The standard InChI is InChI=1S/C23H18N2O2S/c1-27-19-15-9-8-14-18(19)22(26)25-23-24-20(16-10-4-2-5-11-16)21(28-23)17-12-6-3-7-13-17/h2-15H,1H3,(H,24,25,26). The zero-order valence-electron chi connectivity index (χ0n) is 15.3. The zero-order valence-corrected chi connectivity index (χ0v) is 16.1. The lowest BCUT2D eigenvalue weighted by molar-refractivity contribution is 0.102. The summed E-state index contributed by atoms with van der Waals surface area (Å²) in [6.45, 7) is 0. The van der Waals surface area contributed by atoms with Gasteiger partial charge in [0.25, 0.3) is 5.91 Å². The Hall–Kier alpha value is -3.44. The number of anilines is 1. The van der Waals surface area contributed by atoms with Crippen LogP contribution < -0.4 is 10.1 Å². The number of hydrogen-bond acceptors (Lipinski definition) is 4. The topological polar surface area (TPSA) is 51.2 Å². The quantitative estimate of drug-likeness (QED) is 0.476. The fourth-order valence-corrected chi connectivity index (χ4v) is 3.94. The molecule has 0 aliphatic carbocycles. The monoisotopic (exact) mass is 386 g/mol. The van der Waals surface area contributed by atoms with Crippen LogP contribution in [0, 0.1) is 0 Å². The molecule has 1 heterocycles. The second kappa shape index (κ2) is 8.06. The molecule has 0 bridgehead atoms. The number of amides is 1. The van der Waals surface area contributed by atoms with Gasteiger partial charge in [0.1, 0.15) is 5.75 Å². The van der Waals surface area contributed by atoms with Crippen molar-refractivity contribution in [3.8, 4) is 27.4 Å². The van der Waals surface area contributed by atoms with Gasteiger partial charge in [-0.1, -0.05) is 84.1 Å². The average molecular weight is 386 g/mol. The SMILES string of the molecule is COc1ccccc1C(=O)Nc1nc(-c2ccccc2)c(-c2ccccc2)s1. The van der Waals surface area contributed by atoms with Gasteiger partial charge in [0.05, 0.1) is 23.2 Å². The predicted molar refractivity (Wildman–Crippen MR) is 114 cm³/mol. The average Bonchev–Trinajstić information content (AvgIpc) is 3.18. The van der Waals surface area contributed by atoms with Gasteiger partial charge in [-0.2, -0.15) is 0 Å². The molecule has 0 fully saturated rings. The number of rotatable bonds is 5. The van der Waals surface area contributed by atoms with Crippen LogP contribution in [0.2, 0.25) is 0 Å². The first-order valence-corrected chi connectivity index (χ1v) is 9.64. The Morgan fingerprint density at radius 1 is 0.857 bits per heavy atom. The number of ether oxygens (including phenoxy) is 1. The lowest BCUT2D eigenvalue weighted by Crippen LogP contribution is -2.12. The first-order valence-electron chi connectivity index (χ1n) is 8.82. The van der Waals surface area contributed by atoms with Gasteiger partial charge >= 0.3 is 0 Å². The molecule has 1 aromatic heterocycles. The van der Waals surface area contributed by atoms with Crippen molar-refractivity contribution in [2.75, 3.05) is 12.4 Å². The molecule has 0 saturated carbocycles. The molecule has 0 aliphatic rings. The van der Waals surface area contributed by atoms with Gasteiger partial charge in [-0.05, 0) is 17.7 Å². The Morgan fingerprint density at radius 2 is 1.46 bits per heavy atom. The predicted octanol–water partition coefficient (Wildman–Crippen LogP) is 5.74. The number of nitrogens with zero attached hydrogens (tertiary/aromatic N) is 1. The number of nitrogens with one attached hydrogen (secondary N) is 1. The molecule has 5 heteroatoms. The lowest BCUT2D eigenvalue weighted by atomic mass is 10.1. The molecule has 4 rings (SSSR count). The van der Waals surface area contributed by atoms with E-state index in [2.05, 4.69) is 5.32 Å². The van der Waals surface area contributed by atoms with Gasteiger partial charge < -0.3 is 4.74 Å². The van der Waals surface area contributed by atoms with Crippen LogP contribution >= 0.6 is 11.3 Å². The summed E-state index contributed by atoms with van der Waals surface area (Å²) in [6.07, 6.45) is 0. The summed E-state index contributed by atoms with van der Waals surface area (Å²) in [5.74, 6) is 0.286. The Bertz CT molecular complexity index is 1040. The molecular weight excluding hydrogens is 368 g/mol. The molecule has 1 N–H and O–H groups in total. The van der Waals surface area contributed by atoms with Gasteiger partial charge in [0, 0.05) is 5.56 Å². The van der Waals surface area contributed by atoms with E-state index in [0.717, 1.165) is 21.7 Å². The third kappa shape index (κ3) is 3.66. The van der Waals surface area contributed by atoms with Crippen molar-refractivity contribution in [2.45, 2.75) is 0 Å². The van der Waals surface area contributed by atoms with E-state index in [1.165, 1.54) is 11.3 Å². The minimum absolute atomic E-state index is 0.245. The molecule has 138 valence electrons. The molecule has 0 aliphatic heterocycles. The summed E-state index contributed by atoms with van der Waals surface area (Å²) in [4.78, 5) is 18.5. The third-order valence-electron chi connectivity index (χ3n) is 4.28. The first-order chi connectivity index (χ1) is 13.8. The number of methoxy groups -OCH3 is 1. The summed E-state index contributed by atoms with van der Waals surface area (Å²) in [6, 6.07) is 27.2. The van der Waals surface area contributed by atoms with Crippen molar-refractivity contribution in [3.63, 3.8) is 0 Å². The Kier molecular flexibility index (Phi) is 5.17. The van der Waals surface area contributed by atoms with Crippen molar-refractivity contribution in [2.24, 2.45) is 0 Å². The van der Waals surface area contributed by atoms with E-state index < -0.39 is 0 Å². The molecule has 4 nitrogen and oxygen atoms in total. The van der Waals surface area contributed by atoms with Gasteiger partial charge in [-0.15, -0.1) is 0 Å². The van der Waals surface area contributed by atoms with Crippen LogP contribution in [0.5, 0.6) is 5.75 Å². The van der Waals surface area contributed by atoms with E-state index in [0.29, 0.717) is 16.4 Å². The maximum atomic E-state index is 12.8. The van der Waals surface area contributed by atoms with Gasteiger partial charge in [-0.25, -0.2) is 4.98 Å². The summed E-state index contributed by atoms with van der Waals surface area (Å²) in [5.41, 5.74) is 3.40. The summed E-state index contributed by atoms with van der Waals surface area (Å²) >= 11 is 1.46. The Labute approximate surface area is 167 Å². The lowest BCUT2D eigenvalue weighted by Gasteiger charge is -2.07. The molecule has 0 saturated heterocycles. The largest absolute Gasteiger partial charge is 0.496 e. The van der Waals surface area contributed by atoms with Gasteiger partial charge in [-0.3, -0.25) is 10.1 Å². The maximum absolute atomic E-state index is 12.8. The van der Waals surface area contributed by atoms with Gasteiger partial charge in [0.2, 0.25) is 0 Å². The van der Waals surface area contributed by atoms with Crippen LogP contribution in [0.15, 0.2) is 84.9 Å². The fraction of sp³-hybridized carbons (Fsp3) is 0.0435. The van der Waals surface area contributed by atoms with Crippen molar-refractivity contribution >= 4 is 22.4 Å². The molecule has 0 unspecified atom stereocenters. The van der Waals surface area contributed by atoms with E-state index in [9.17, 15) is 4.79 Å². The normalized spacial score (nSPS) is 10.5. The van der Waals surface area contributed by atoms with Crippen LogP contribution in [0.3, 0.4) is 0 Å². The Morgan fingerprint density at radius 3 is 2.14 bits per heavy atom. The molecule has 3 aromatic carbocycles. The molecule has 4 aromatic rings. The number of carbonyl (C=O) groups excluding carboxylic acids is 1. The minimum atomic E-state index is -0.245. The number of hydrogen-bond donors (Lipinski definition) is 1. The third-order valence-corrected chi connectivity index (χ3v) is 5.30. The van der Waals surface area contributed by atoms with Crippen molar-refractivity contribution < 1.29 is 9.53 Å². The highest BCUT2D eigenvalue weighted by atomic mass is 32.1. The zero-order chi connectivity index (χ0) is 19.3. The van der Waals surface area contributed by atoms with Crippen LogP contribution in [0.25, 0.3) is 21.7 Å². The van der Waals surface area contributed by atoms with Crippen LogP contribution in [0.1, 0.15) is 10.4 Å². The smallest absolute Gasteiger partial charge is 0.261 e. The maximum Gasteiger partial charge on any atom is 0.261 e. The second-order valence-corrected chi connectivity index (χ2v) is 7.08. The van der Waals surface area contributed by atoms with Crippen LogP contribution in [0.4, 0.5) is 5.13 Å². The van der Waals surface area contributed by atoms with Crippen molar-refractivity contribution in [3.05, 3.63) is 90.5 Å². The number of carbonyl (C=O) groups is 1. The highest BCUT2D eigenvalue weighted by Crippen LogP contribution is 2.39. The molecular formula is C23H18N2O2S. The number of para-hydroxylation sites is 1. The fourth-order valence-electron chi connectivity index (χ4n) is 2.95. The van der Waals surface area contributed by atoms with E-state index in [1.807, 2.05) is 72.8 Å². The molecule has 28 heavy (non-hydrogen) atoms. The van der Waals surface area contributed by atoms with Crippen molar-refractivity contribution in [1.82, 2.24) is 4.98 Å². The summed E-state index contributed by atoms with van der Waals surface area (Å²) < 4.78 is 5.29. The Balaban J connectivity index is 1.73. The first kappa shape index (κ1) is 17.9. The summed E-state index contributed by atoms with van der Waals surface area (Å²) in [7, 11) is 1.55. The molecule has 0 spiro atoms. The van der Waals surface area contributed by atoms with E-state index in [1.54, 1.807) is 19.2 Å². The number of aromatic nitrogens is 1. The number of thiazole rings is 1. The molecule has 0 radical (unpaired) electrons. The molecule has 1 amide bonds. The van der Waals surface area contributed by atoms with Crippen molar-refractivity contribution in [1.29, 1.82) is 0 Å². The number of benzene rings is 3. The minimum Gasteiger partial charge on any atom is -0.496 e. The van der Waals surface area contributed by atoms with E-state index >= 15 is 0 Å². The second-order valence-electron chi connectivity index (χ2n) is 6.08. The van der Waals surface area contributed by atoms with Crippen LogP contribution in [-0.4, -0.2) is 18.0 Å². The van der Waals surface area contributed by atoms with Crippen LogP contribution in [-0.2, 0) is 0 Å². The van der Waals surface area contributed by atoms with Gasteiger partial charge in [0.15, 0.2) is 5.13 Å².